The lowest BCUT2D eigenvalue weighted by atomic mass is 10.0. The second kappa shape index (κ2) is 9.91. The molecular weight excluding hydrogens is 358 g/mol. The van der Waals surface area contributed by atoms with Crippen molar-refractivity contribution in [2.45, 2.75) is 19.4 Å². The Bertz CT molecular complexity index is 861. The third kappa shape index (κ3) is 6.28. The molecule has 146 valence electrons. The summed E-state index contributed by atoms with van der Waals surface area (Å²) in [6.07, 6.45) is 1.77. The molecule has 0 saturated heterocycles. The maximum absolute atomic E-state index is 12.8. The van der Waals surface area contributed by atoms with E-state index in [9.17, 15) is 19.5 Å². The zero-order valence-corrected chi connectivity index (χ0v) is 15.7. The van der Waals surface area contributed by atoms with Crippen LogP contribution in [0.2, 0.25) is 0 Å². The molecular formula is C21H23N3O4. The van der Waals surface area contributed by atoms with Crippen molar-refractivity contribution in [1.29, 1.82) is 0 Å². The standard InChI is InChI=1S/C21H23N3O4/c1-14(25)23-19(12-15-6-4-3-5-7-15)21(28)24-18(20(27)22-2)13-16-8-10-17(26)11-9-16/h3-11,13,19,26H,12H2,1-2H3,(H,22,27)(H,23,25)(H,24,28)/b18-13-. The molecule has 0 spiro atoms. The van der Waals surface area contributed by atoms with E-state index >= 15 is 0 Å². The van der Waals surface area contributed by atoms with Crippen LogP contribution in [0.5, 0.6) is 5.75 Å². The lowest BCUT2D eigenvalue weighted by molar-refractivity contribution is -0.128. The molecule has 4 N–H and O–H groups in total. The van der Waals surface area contributed by atoms with Crippen LogP contribution >= 0.6 is 0 Å². The molecule has 1 atom stereocenters. The molecule has 0 fully saturated rings. The minimum Gasteiger partial charge on any atom is -0.508 e. The van der Waals surface area contributed by atoms with E-state index in [0.29, 0.717) is 5.56 Å². The van der Waals surface area contributed by atoms with Gasteiger partial charge in [0.05, 0.1) is 0 Å². The zero-order chi connectivity index (χ0) is 20.5. The largest absolute Gasteiger partial charge is 0.508 e. The summed E-state index contributed by atoms with van der Waals surface area (Å²) in [6.45, 7) is 1.33. The average molecular weight is 381 g/mol. The molecule has 28 heavy (non-hydrogen) atoms. The number of benzene rings is 2. The van der Waals surface area contributed by atoms with Crippen LogP contribution < -0.4 is 16.0 Å². The summed E-state index contributed by atoms with van der Waals surface area (Å²) in [6, 6.07) is 14.6. The molecule has 0 saturated carbocycles. The van der Waals surface area contributed by atoms with Gasteiger partial charge in [0, 0.05) is 20.4 Å². The molecule has 2 aromatic rings. The third-order valence-electron chi connectivity index (χ3n) is 3.91. The van der Waals surface area contributed by atoms with E-state index in [1.54, 1.807) is 12.1 Å². The van der Waals surface area contributed by atoms with Crippen LogP contribution in [0, 0.1) is 0 Å². The topological polar surface area (TPSA) is 108 Å². The average Bonchev–Trinajstić information content (AvgIpc) is 2.68. The summed E-state index contributed by atoms with van der Waals surface area (Å²) in [5.41, 5.74) is 1.53. The lowest BCUT2D eigenvalue weighted by Crippen LogP contribution is -2.48. The van der Waals surface area contributed by atoms with Gasteiger partial charge in [0.15, 0.2) is 0 Å². The van der Waals surface area contributed by atoms with Crippen molar-refractivity contribution >= 4 is 23.8 Å². The van der Waals surface area contributed by atoms with Gasteiger partial charge in [-0.2, -0.15) is 0 Å². The highest BCUT2D eigenvalue weighted by atomic mass is 16.3. The van der Waals surface area contributed by atoms with Crippen LogP contribution in [0.15, 0.2) is 60.3 Å². The van der Waals surface area contributed by atoms with Crippen molar-refractivity contribution in [1.82, 2.24) is 16.0 Å². The molecule has 7 nitrogen and oxygen atoms in total. The van der Waals surface area contributed by atoms with Crippen LogP contribution in [0.4, 0.5) is 0 Å². The molecule has 0 radical (unpaired) electrons. The van der Waals surface area contributed by atoms with Crippen LogP contribution in [-0.4, -0.2) is 35.9 Å². The van der Waals surface area contributed by atoms with E-state index < -0.39 is 17.9 Å². The summed E-state index contributed by atoms with van der Waals surface area (Å²) in [5, 5.41) is 17.1. The SMILES string of the molecule is CNC(=O)/C(=C/c1ccc(O)cc1)NC(=O)C(Cc1ccccc1)NC(C)=O. The number of hydrogen-bond acceptors (Lipinski definition) is 4. The molecule has 0 aliphatic carbocycles. The Hall–Kier alpha value is -3.61. The number of aromatic hydroxyl groups is 1. The van der Waals surface area contributed by atoms with Crippen molar-refractivity contribution in [2.75, 3.05) is 7.05 Å². The molecule has 0 aliphatic rings. The fourth-order valence-corrected chi connectivity index (χ4v) is 2.55. The predicted molar refractivity (Wildman–Crippen MR) is 106 cm³/mol. The van der Waals surface area contributed by atoms with Gasteiger partial charge in [-0.3, -0.25) is 14.4 Å². The lowest BCUT2D eigenvalue weighted by Gasteiger charge is -2.18. The Kier molecular flexibility index (Phi) is 7.33. The number of phenols is 1. The van der Waals surface area contributed by atoms with E-state index in [-0.39, 0.29) is 23.8 Å². The minimum absolute atomic E-state index is 0.0293. The van der Waals surface area contributed by atoms with Gasteiger partial charge >= 0.3 is 0 Å². The van der Waals surface area contributed by atoms with Crippen molar-refractivity contribution in [2.24, 2.45) is 0 Å². The monoisotopic (exact) mass is 381 g/mol. The number of hydrogen-bond donors (Lipinski definition) is 4. The molecule has 2 rings (SSSR count). The number of amides is 3. The van der Waals surface area contributed by atoms with Crippen molar-refractivity contribution < 1.29 is 19.5 Å². The number of phenolic OH excluding ortho intramolecular Hbond substituents is 1. The third-order valence-corrected chi connectivity index (χ3v) is 3.91. The summed E-state index contributed by atoms with van der Waals surface area (Å²) in [5.74, 6) is -1.24. The molecule has 0 aliphatic heterocycles. The van der Waals surface area contributed by atoms with Crippen molar-refractivity contribution in [3.63, 3.8) is 0 Å². The van der Waals surface area contributed by atoms with Gasteiger partial charge in [-0.1, -0.05) is 42.5 Å². The Morgan fingerprint density at radius 1 is 1.04 bits per heavy atom. The van der Waals surface area contributed by atoms with E-state index in [1.807, 2.05) is 30.3 Å². The number of carbonyl (C=O) groups is 3. The Labute approximate surface area is 163 Å². The van der Waals surface area contributed by atoms with Crippen LogP contribution in [0.3, 0.4) is 0 Å². The smallest absolute Gasteiger partial charge is 0.267 e. The first-order chi connectivity index (χ1) is 13.4. The van der Waals surface area contributed by atoms with Gasteiger partial charge in [0.2, 0.25) is 11.8 Å². The quantitative estimate of drug-likeness (QED) is 0.543. The summed E-state index contributed by atoms with van der Waals surface area (Å²) >= 11 is 0. The maximum atomic E-state index is 12.8. The second-order valence-electron chi connectivity index (χ2n) is 6.16. The number of carbonyl (C=O) groups excluding carboxylic acids is 3. The second-order valence-corrected chi connectivity index (χ2v) is 6.16. The molecule has 0 aromatic heterocycles. The van der Waals surface area contributed by atoms with Gasteiger partial charge < -0.3 is 21.1 Å². The molecule has 0 heterocycles. The zero-order valence-electron chi connectivity index (χ0n) is 15.7. The van der Waals surface area contributed by atoms with E-state index in [0.717, 1.165) is 5.56 Å². The van der Waals surface area contributed by atoms with Gasteiger partial charge in [0.1, 0.15) is 17.5 Å². The van der Waals surface area contributed by atoms with Crippen molar-refractivity contribution in [3.8, 4) is 5.75 Å². The maximum Gasteiger partial charge on any atom is 0.267 e. The fourth-order valence-electron chi connectivity index (χ4n) is 2.55. The van der Waals surface area contributed by atoms with Gasteiger partial charge in [0.25, 0.3) is 5.91 Å². The van der Waals surface area contributed by atoms with E-state index in [2.05, 4.69) is 16.0 Å². The highest BCUT2D eigenvalue weighted by Gasteiger charge is 2.22. The highest BCUT2D eigenvalue weighted by Crippen LogP contribution is 2.12. The fraction of sp³-hybridized carbons (Fsp3) is 0.190. The highest BCUT2D eigenvalue weighted by molar-refractivity contribution is 6.02. The first kappa shape index (κ1) is 20.7. The normalized spacial score (nSPS) is 12.0. The molecule has 7 heteroatoms. The summed E-state index contributed by atoms with van der Waals surface area (Å²) < 4.78 is 0. The van der Waals surface area contributed by atoms with Crippen LogP contribution in [0.25, 0.3) is 6.08 Å². The van der Waals surface area contributed by atoms with Crippen molar-refractivity contribution in [3.05, 3.63) is 71.4 Å². The first-order valence-corrected chi connectivity index (χ1v) is 8.73. The Morgan fingerprint density at radius 2 is 1.68 bits per heavy atom. The summed E-state index contributed by atoms with van der Waals surface area (Å²) in [4.78, 5) is 36.5. The van der Waals surface area contributed by atoms with E-state index in [1.165, 1.54) is 32.2 Å². The van der Waals surface area contributed by atoms with Gasteiger partial charge in [-0.15, -0.1) is 0 Å². The Morgan fingerprint density at radius 3 is 2.25 bits per heavy atom. The van der Waals surface area contributed by atoms with E-state index in [4.69, 9.17) is 0 Å². The number of likely N-dealkylation sites (N-methyl/N-ethyl adjacent to an activating group) is 1. The summed E-state index contributed by atoms with van der Waals surface area (Å²) in [7, 11) is 1.45. The molecule has 0 bridgehead atoms. The molecule has 3 amide bonds. The van der Waals surface area contributed by atoms with Crippen LogP contribution in [-0.2, 0) is 20.8 Å². The number of nitrogens with one attached hydrogen (secondary N) is 3. The number of rotatable bonds is 7. The minimum atomic E-state index is -0.840. The van der Waals surface area contributed by atoms with Gasteiger partial charge in [-0.05, 0) is 29.3 Å². The molecule has 1 unspecified atom stereocenters. The Balaban J connectivity index is 2.23. The predicted octanol–water partition coefficient (Wildman–Crippen LogP) is 1.34. The van der Waals surface area contributed by atoms with Crippen LogP contribution in [0.1, 0.15) is 18.1 Å². The van der Waals surface area contributed by atoms with Gasteiger partial charge in [-0.25, -0.2) is 0 Å². The molecule has 2 aromatic carbocycles. The first-order valence-electron chi connectivity index (χ1n) is 8.73.